The molecule has 0 unspecified atom stereocenters. The lowest BCUT2D eigenvalue weighted by atomic mass is 10.1. The van der Waals surface area contributed by atoms with E-state index in [-0.39, 0.29) is 30.9 Å². The molecule has 1 aromatic carbocycles. The van der Waals surface area contributed by atoms with Gasteiger partial charge in [-0.2, -0.15) is 0 Å². The predicted molar refractivity (Wildman–Crippen MR) is 131 cm³/mol. The molecule has 166 valence electrons. The van der Waals surface area contributed by atoms with Gasteiger partial charge in [0.2, 0.25) is 0 Å². The highest BCUT2D eigenvalue weighted by Gasteiger charge is 2.29. The van der Waals surface area contributed by atoms with Crippen LogP contribution in [0.25, 0.3) is 0 Å². The van der Waals surface area contributed by atoms with Crippen molar-refractivity contribution in [2.75, 3.05) is 32.1 Å². The molecule has 0 aliphatic carbocycles. The van der Waals surface area contributed by atoms with E-state index < -0.39 is 0 Å². The lowest BCUT2D eigenvalue weighted by molar-refractivity contribution is 0.0929. The fraction of sp³-hybridized carbons (Fsp3) is 0.524. The number of anilines is 2. The van der Waals surface area contributed by atoms with Crippen molar-refractivity contribution in [3.05, 3.63) is 35.0 Å². The number of nitrogens with zero attached hydrogens (tertiary/aromatic N) is 3. The van der Waals surface area contributed by atoms with E-state index in [0.29, 0.717) is 12.0 Å². The van der Waals surface area contributed by atoms with Crippen LogP contribution < -0.4 is 10.6 Å². The third kappa shape index (κ3) is 5.26. The Morgan fingerprint density at radius 1 is 1.23 bits per heavy atom. The maximum Gasteiger partial charge on any atom is 0.158 e. The summed E-state index contributed by atoms with van der Waals surface area (Å²) in [4.78, 5) is 12.5. The highest BCUT2D eigenvalue weighted by molar-refractivity contribution is 7.16. The van der Waals surface area contributed by atoms with E-state index in [1.54, 1.807) is 18.4 Å². The number of halogens is 2. The molecule has 0 bridgehead atoms. The monoisotopic (exact) mass is 471 g/mol. The van der Waals surface area contributed by atoms with Crippen molar-refractivity contribution in [3.63, 3.8) is 0 Å². The summed E-state index contributed by atoms with van der Waals surface area (Å²) in [6.07, 6.45) is 1.22. The van der Waals surface area contributed by atoms with Crippen molar-refractivity contribution in [2.24, 2.45) is 4.99 Å². The zero-order valence-corrected chi connectivity index (χ0v) is 20.3. The van der Waals surface area contributed by atoms with Gasteiger partial charge in [-0.15, -0.1) is 36.2 Å². The zero-order valence-electron chi connectivity index (χ0n) is 17.8. The van der Waals surface area contributed by atoms with Gasteiger partial charge in [0.05, 0.1) is 22.5 Å². The van der Waals surface area contributed by atoms with Crippen molar-refractivity contribution in [2.45, 2.75) is 45.3 Å². The van der Waals surface area contributed by atoms with Gasteiger partial charge >= 0.3 is 0 Å². The molecule has 2 N–H and O–H groups in total. The number of aliphatic imine (C=N–C) groups is 1. The van der Waals surface area contributed by atoms with Crippen LogP contribution in [0.3, 0.4) is 0 Å². The van der Waals surface area contributed by atoms with Crippen LogP contribution in [-0.2, 0) is 4.74 Å². The molecule has 30 heavy (non-hydrogen) atoms. The Hall–Kier alpha value is -1.38. The number of amidine groups is 1. The third-order valence-electron chi connectivity index (χ3n) is 5.30. The first-order chi connectivity index (χ1) is 13.5. The first-order valence-electron chi connectivity index (χ1n) is 10.0. The van der Waals surface area contributed by atoms with E-state index in [1.807, 2.05) is 12.1 Å². The van der Waals surface area contributed by atoms with Crippen LogP contribution in [0.15, 0.2) is 29.3 Å². The number of piperazine rings is 1. The summed E-state index contributed by atoms with van der Waals surface area (Å²) in [7, 11) is 1.78. The standard InChI is InChI=1S/C21H29N5OS.2ClH/c1-13(2)20-25-18-19(26-10-9-22-15(12-26)11-14(3)27-4)23-16-7-5-6-8-17(16)24-21(18)28-20;;/h5-8,13-15,22,24H,9-12H2,1-4H3;2*1H/t14-,15-;;/m0../s1. The van der Waals surface area contributed by atoms with Crippen LogP contribution in [0.1, 0.15) is 43.8 Å². The maximum absolute atomic E-state index is 5.48. The van der Waals surface area contributed by atoms with Gasteiger partial charge in [-0.1, -0.05) is 26.0 Å². The molecule has 2 atom stereocenters. The molecule has 1 fully saturated rings. The van der Waals surface area contributed by atoms with Crippen LogP contribution in [0.4, 0.5) is 16.4 Å². The number of rotatable bonds is 4. The van der Waals surface area contributed by atoms with Crippen molar-refractivity contribution in [1.29, 1.82) is 0 Å². The van der Waals surface area contributed by atoms with Gasteiger partial charge in [0.25, 0.3) is 0 Å². The predicted octanol–water partition coefficient (Wildman–Crippen LogP) is 4.94. The molecular formula is C21H31Cl2N5OS. The lowest BCUT2D eigenvalue weighted by Crippen LogP contribution is -2.53. The molecule has 6 nitrogen and oxygen atoms in total. The number of nitrogens with one attached hydrogen (secondary N) is 2. The molecule has 0 amide bonds. The van der Waals surface area contributed by atoms with Crippen LogP contribution in [0.5, 0.6) is 0 Å². The Bertz CT molecular complexity index is 873. The minimum absolute atomic E-state index is 0. The minimum atomic E-state index is 0. The lowest BCUT2D eigenvalue weighted by Gasteiger charge is -2.36. The largest absolute Gasteiger partial charge is 0.382 e. The number of para-hydroxylation sites is 2. The Labute approximate surface area is 195 Å². The molecule has 3 heterocycles. The summed E-state index contributed by atoms with van der Waals surface area (Å²) in [5.74, 6) is 1.38. The highest BCUT2D eigenvalue weighted by atomic mass is 35.5. The first kappa shape index (κ1) is 24.9. The van der Waals surface area contributed by atoms with E-state index in [4.69, 9.17) is 14.7 Å². The Kier molecular flexibility index (Phi) is 8.94. The first-order valence-corrected chi connectivity index (χ1v) is 10.8. The summed E-state index contributed by atoms with van der Waals surface area (Å²) >= 11 is 1.74. The Morgan fingerprint density at radius 3 is 2.73 bits per heavy atom. The molecule has 2 aromatic rings. The number of fused-ring (bicyclic) bond motifs is 2. The van der Waals surface area contributed by atoms with Crippen molar-refractivity contribution < 1.29 is 4.74 Å². The van der Waals surface area contributed by atoms with Crippen molar-refractivity contribution in [3.8, 4) is 0 Å². The number of methoxy groups -OCH3 is 1. The van der Waals surface area contributed by atoms with E-state index in [2.05, 4.69) is 48.4 Å². The second kappa shape index (κ2) is 10.8. The molecule has 0 saturated carbocycles. The second-order valence-electron chi connectivity index (χ2n) is 7.84. The number of benzene rings is 1. The van der Waals surface area contributed by atoms with Gasteiger partial charge in [0.15, 0.2) is 5.84 Å². The van der Waals surface area contributed by atoms with Crippen molar-refractivity contribution in [1.82, 2.24) is 15.2 Å². The summed E-state index contributed by atoms with van der Waals surface area (Å²) in [6, 6.07) is 8.61. The average molecular weight is 472 g/mol. The summed E-state index contributed by atoms with van der Waals surface area (Å²) in [6.45, 7) is 9.27. The molecule has 2 aliphatic heterocycles. The Balaban J connectivity index is 0.00000160. The quantitative estimate of drug-likeness (QED) is 0.660. The molecule has 0 radical (unpaired) electrons. The zero-order chi connectivity index (χ0) is 19.7. The van der Waals surface area contributed by atoms with Gasteiger partial charge in [-0.05, 0) is 25.5 Å². The highest BCUT2D eigenvalue weighted by Crippen LogP contribution is 2.39. The average Bonchev–Trinajstić information content (AvgIpc) is 3.04. The normalized spacial score (nSPS) is 18.8. The molecular weight excluding hydrogens is 441 g/mol. The van der Waals surface area contributed by atoms with Gasteiger partial charge in [0.1, 0.15) is 10.7 Å². The van der Waals surface area contributed by atoms with E-state index >= 15 is 0 Å². The summed E-state index contributed by atoms with van der Waals surface area (Å²) in [5, 5.41) is 9.44. The third-order valence-corrected chi connectivity index (χ3v) is 6.57. The van der Waals surface area contributed by atoms with Gasteiger partial charge in [-0.25, -0.2) is 9.98 Å². The molecule has 4 rings (SSSR count). The number of aromatic nitrogens is 1. The second-order valence-corrected chi connectivity index (χ2v) is 8.87. The topological polar surface area (TPSA) is 61.8 Å². The Morgan fingerprint density at radius 2 is 2.00 bits per heavy atom. The van der Waals surface area contributed by atoms with Crippen LogP contribution in [-0.4, -0.2) is 54.6 Å². The van der Waals surface area contributed by atoms with E-state index in [9.17, 15) is 0 Å². The fourth-order valence-corrected chi connectivity index (χ4v) is 4.66. The summed E-state index contributed by atoms with van der Waals surface area (Å²) in [5.41, 5.74) is 2.98. The SMILES string of the molecule is CO[C@@H](C)C[C@H]1CN(C2=Nc3ccccc3Nc3sc(C(C)C)nc32)CCN1.Cl.Cl. The molecule has 1 saturated heterocycles. The number of thiazole rings is 1. The molecule has 1 aromatic heterocycles. The summed E-state index contributed by atoms with van der Waals surface area (Å²) < 4.78 is 5.48. The maximum atomic E-state index is 5.48. The smallest absolute Gasteiger partial charge is 0.158 e. The molecule has 9 heteroatoms. The van der Waals surface area contributed by atoms with Crippen LogP contribution in [0.2, 0.25) is 0 Å². The number of ether oxygens (including phenoxy) is 1. The van der Waals surface area contributed by atoms with Gasteiger partial charge in [-0.3, -0.25) is 0 Å². The molecule has 0 spiro atoms. The molecule has 2 aliphatic rings. The van der Waals surface area contributed by atoms with Crippen LogP contribution >= 0.6 is 36.2 Å². The van der Waals surface area contributed by atoms with Crippen molar-refractivity contribution >= 4 is 58.4 Å². The van der Waals surface area contributed by atoms with E-state index in [1.165, 1.54) is 0 Å². The fourth-order valence-electron chi connectivity index (χ4n) is 3.68. The number of hydrogen-bond donors (Lipinski definition) is 2. The van der Waals surface area contributed by atoms with Gasteiger partial charge in [0, 0.05) is 38.7 Å². The number of hydrogen-bond acceptors (Lipinski definition) is 7. The minimum Gasteiger partial charge on any atom is -0.382 e. The van der Waals surface area contributed by atoms with E-state index in [0.717, 1.165) is 59.0 Å². The van der Waals surface area contributed by atoms with Crippen LogP contribution in [0, 0.1) is 0 Å². The van der Waals surface area contributed by atoms with Gasteiger partial charge < -0.3 is 20.3 Å².